The molecule has 20 heavy (non-hydrogen) atoms. The third-order valence-electron chi connectivity index (χ3n) is 2.36. The normalized spacial score (nSPS) is 13.1. The predicted octanol–water partition coefficient (Wildman–Crippen LogP) is 3.97. The molecule has 1 heterocycles. The quantitative estimate of drug-likeness (QED) is 0.867. The van der Waals surface area contributed by atoms with Gasteiger partial charge in [-0.3, -0.25) is 0 Å². The van der Waals surface area contributed by atoms with Crippen molar-refractivity contribution in [3.05, 3.63) is 28.8 Å². The van der Waals surface area contributed by atoms with Crippen molar-refractivity contribution in [2.24, 2.45) is 0 Å². The second-order valence-corrected chi connectivity index (χ2v) is 5.12. The molecule has 1 aromatic heterocycles. The maximum Gasteiger partial charge on any atom is 0.416 e. The van der Waals surface area contributed by atoms with Gasteiger partial charge in [0.1, 0.15) is 5.01 Å². The molecular weight excluding hydrogens is 306 g/mol. The zero-order valence-corrected chi connectivity index (χ0v) is 10.6. The van der Waals surface area contributed by atoms with Crippen LogP contribution in [-0.2, 0) is 12.7 Å². The zero-order valence-electron chi connectivity index (χ0n) is 9.77. The summed E-state index contributed by atoms with van der Waals surface area (Å²) < 4.78 is 73.8. The number of hydrogen-bond acceptors (Lipinski definition) is 3. The Morgan fingerprint density at radius 3 is 2.40 bits per heavy atom. The highest BCUT2D eigenvalue weighted by Crippen LogP contribution is 2.32. The number of nitrogens with zero attached hydrogens (tertiary/aromatic N) is 1. The predicted molar refractivity (Wildman–Crippen MR) is 62.4 cm³/mol. The summed E-state index contributed by atoms with van der Waals surface area (Å²) in [5, 5.41) is 2.46. The van der Waals surface area contributed by atoms with Crippen LogP contribution in [0.5, 0.6) is 0 Å². The minimum Gasteiger partial charge on any atom is -0.302 e. The van der Waals surface area contributed by atoms with E-state index in [1.807, 2.05) is 0 Å². The average molecular weight is 314 g/mol. The number of thiazole rings is 1. The molecule has 0 spiro atoms. The van der Waals surface area contributed by atoms with Crippen LogP contribution in [0, 0.1) is 0 Å². The Morgan fingerprint density at radius 2 is 1.80 bits per heavy atom. The van der Waals surface area contributed by atoms with Gasteiger partial charge in [0.15, 0.2) is 0 Å². The summed E-state index contributed by atoms with van der Waals surface area (Å²) in [5.41, 5.74) is -0.696. The Morgan fingerprint density at radius 1 is 1.10 bits per heavy atom. The fourth-order valence-electron chi connectivity index (χ4n) is 1.54. The van der Waals surface area contributed by atoms with Crippen molar-refractivity contribution in [1.82, 2.24) is 10.3 Å². The zero-order chi connectivity index (χ0) is 15.0. The van der Waals surface area contributed by atoms with E-state index in [-0.39, 0.29) is 12.1 Å². The standard InChI is InChI=1S/C11H8F6N2S/c12-10(13,14)5-18-4-9-19-7-3-6(11(15,16)17)1-2-8(7)20-9/h1-3,18H,4-5H2. The number of aromatic nitrogens is 1. The highest BCUT2D eigenvalue weighted by Gasteiger charge is 2.31. The molecule has 0 radical (unpaired) electrons. The Kier molecular flexibility index (Phi) is 3.92. The van der Waals surface area contributed by atoms with Gasteiger partial charge in [0, 0.05) is 6.54 Å². The molecule has 0 atom stereocenters. The van der Waals surface area contributed by atoms with Crippen LogP contribution in [0.25, 0.3) is 10.2 Å². The van der Waals surface area contributed by atoms with Crippen molar-refractivity contribution >= 4 is 21.6 Å². The van der Waals surface area contributed by atoms with Gasteiger partial charge >= 0.3 is 12.4 Å². The summed E-state index contributed by atoms with van der Waals surface area (Å²) >= 11 is 1.06. The van der Waals surface area contributed by atoms with Gasteiger partial charge in [-0.1, -0.05) is 0 Å². The smallest absolute Gasteiger partial charge is 0.302 e. The molecule has 0 aliphatic carbocycles. The van der Waals surface area contributed by atoms with Crippen LogP contribution in [0.15, 0.2) is 18.2 Å². The monoisotopic (exact) mass is 314 g/mol. The number of fused-ring (bicyclic) bond motifs is 1. The van der Waals surface area contributed by atoms with Crippen LogP contribution in [-0.4, -0.2) is 17.7 Å². The Bertz CT molecular complexity index is 601. The molecule has 0 unspecified atom stereocenters. The van der Waals surface area contributed by atoms with E-state index in [0.717, 1.165) is 23.5 Å². The molecular formula is C11H8F6N2S. The van der Waals surface area contributed by atoms with Gasteiger partial charge in [-0.25, -0.2) is 4.98 Å². The second kappa shape index (κ2) is 5.21. The molecule has 0 amide bonds. The first-order chi connectivity index (χ1) is 9.15. The third-order valence-corrected chi connectivity index (χ3v) is 3.40. The summed E-state index contributed by atoms with van der Waals surface area (Å²) in [6, 6.07) is 3.08. The number of nitrogens with one attached hydrogen (secondary N) is 1. The molecule has 1 aromatic carbocycles. The molecule has 1 N–H and O–H groups in total. The molecule has 0 bridgehead atoms. The lowest BCUT2D eigenvalue weighted by molar-refractivity contribution is -0.137. The molecule has 2 rings (SSSR count). The van der Waals surface area contributed by atoms with Crippen molar-refractivity contribution in [2.45, 2.75) is 18.9 Å². The largest absolute Gasteiger partial charge is 0.416 e. The summed E-state index contributed by atoms with van der Waals surface area (Å²) in [6.07, 6.45) is -8.80. The molecule has 0 saturated heterocycles. The van der Waals surface area contributed by atoms with Crippen LogP contribution in [0.2, 0.25) is 0 Å². The second-order valence-electron chi connectivity index (χ2n) is 4.01. The van der Waals surface area contributed by atoms with E-state index in [9.17, 15) is 26.3 Å². The van der Waals surface area contributed by atoms with Gasteiger partial charge in [-0.15, -0.1) is 11.3 Å². The van der Waals surface area contributed by atoms with Crippen LogP contribution in [0.1, 0.15) is 10.6 Å². The molecule has 110 valence electrons. The fourth-order valence-corrected chi connectivity index (χ4v) is 2.46. The summed E-state index contributed by atoms with van der Waals surface area (Å²) in [6.45, 7) is -1.31. The summed E-state index contributed by atoms with van der Waals surface area (Å²) in [4.78, 5) is 3.90. The van der Waals surface area contributed by atoms with Gasteiger partial charge in [0.25, 0.3) is 0 Å². The first kappa shape index (κ1) is 15.0. The third kappa shape index (κ3) is 3.83. The number of benzene rings is 1. The van der Waals surface area contributed by atoms with Gasteiger partial charge in [-0.05, 0) is 18.2 Å². The van der Waals surface area contributed by atoms with Crippen molar-refractivity contribution in [2.75, 3.05) is 6.54 Å². The average Bonchev–Trinajstić information content (AvgIpc) is 2.67. The fraction of sp³-hybridized carbons (Fsp3) is 0.364. The molecule has 0 fully saturated rings. The van der Waals surface area contributed by atoms with E-state index < -0.39 is 24.5 Å². The van der Waals surface area contributed by atoms with Crippen LogP contribution < -0.4 is 5.32 Å². The Balaban J connectivity index is 2.13. The number of rotatable bonds is 3. The van der Waals surface area contributed by atoms with E-state index in [1.54, 1.807) is 0 Å². The van der Waals surface area contributed by atoms with Crippen LogP contribution >= 0.6 is 11.3 Å². The van der Waals surface area contributed by atoms with Crippen molar-refractivity contribution in [1.29, 1.82) is 0 Å². The first-order valence-corrected chi connectivity index (χ1v) is 6.21. The highest BCUT2D eigenvalue weighted by molar-refractivity contribution is 7.18. The van der Waals surface area contributed by atoms with E-state index in [1.165, 1.54) is 6.07 Å². The SMILES string of the molecule is FC(F)(F)CNCc1nc2cc(C(F)(F)F)ccc2s1. The molecule has 2 aromatic rings. The van der Waals surface area contributed by atoms with E-state index >= 15 is 0 Å². The molecule has 0 aliphatic heterocycles. The van der Waals surface area contributed by atoms with Gasteiger partial charge in [-0.2, -0.15) is 26.3 Å². The van der Waals surface area contributed by atoms with Crippen molar-refractivity contribution in [3.8, 4) is 0 Å². The van der Waals surface area contributed by atoms with Gasteiger partial charge < -0.3 is 5.32 Å². The minimum atomic E-state index is -4.47. The molecule has 0 aliphatic rings. The van der Waals surface area contributed by atoms with Gasteiger partial charge in [0.2, 0.25) is 0 Å². The number of halogens is 6. The Hall–Kier alpha value is -1.35. The van der Waals surface area contributed by atoms with Crippen molar-refractivity contribution in [3.63, 3.8) is 0 Å². The van der Waals surface area contributed by atoms with Gasteiger partial charge in [0.05, 0.1) is 22.3 Å². The van der Waals surface area contributed by atoms with Crippen LogP contribution in [0.3, 0.4) is 0 Å². The summed E-state index contributed by atoms with van der Waals surface area (Å²) in [7, 11) is 0. The summed E-state index contributed by atoms with van der Waals surface area (Å²) in [5.74, 6) is 0. The molecule has 9 heteroatoms. The van der Waals surface area contributed by atoms with E-state index in [0.29, 0.717) is 9.71 Å². The van der Waals surface area contributed by atoms with E-state index in [2.05, 4.69) is 10.3 Å². The lowest BCUT2D eigenvalue weighted by atomic mass is 10.2. The number of hydrogen-bond donors (Lipinski definition) is 1. The number of alkyl halides is 6. The molecule has 2 nitrogen and oxygen atoms in total. The molecule has 0 saturated carbocycles. The minimum absolute atomic E-state index is 0.133. The maximum atomic E-state index is 12.5. The lowest BCUT2D eigenvalue weighted by Gasteiger charge is -2.05. The van der Waals surface area contributed by atoms with E-state index in [4.69, 9.17) is 0 Å². The van der Waals surface area contributed by atoms with Crippen molar-refractivity contribution < 1.29 is 26.3 Å². The first-order valence-electron chi connectivity index (χ1n) is 5.39. The topological polar surface area (TPSA) is 24.9 Å². The Labute approximate surface area is 113 Å². The maximum absolute atomic E-state index is 12.5. The lowest BCUT2D eigenvalue weighted by Crippen LogP contribution is -2.28. The highest BCUT2D eigenvalue weighted by atomic mass is 32.1. The van der Waals surface area contributed by atoms with Crippen LogP contribution in [0.4, 0.5) is 26.3 Å².